The van der Waals surface area contributed by atoms with Crippen LogP contribution in [0.2, 0.25) is 0 Å². The summed E-state index contributed by atoms with van der Waals surface area (Å²) in [4.78, 5) is 37.6. The number of nitrogens with zero attached hydrogens (tertiary/aromatic N) is 1. The summed E-state index contributed by atoms with van der Waals surface area (Å²) in [6.45, 7) is 2.59. The molecule has 1 aliphatic heterocycles. The molecule has 4 rings (SSSR count). The fourth-order valence-electron chi connectivity index (χ4n) is 4.32. The van der Waals surface area contributed by atoms with Crippen LogP contribution in [0, 0.1) is 17.6 Å². The molecule has 1 amide bonds. The van der Waals surface area contributed by atoms with Crippen molar-refractivity contribution in [3.63, 3.8) is 0 Å². The molecule has 3 aromatic rings. The molecule has 0 N–H and O–H groups in total. The molecule has 1 fully saturated rings. The lowest BCUT2D eigenvalue weighted by molar-refractivity contribution is -0.139. The lowest BCUT2D eigenvalue weighted by Crippen LogP contribution is -2.55. The molecule has 6 nitrogen and oxygen atoms in total. The first-order valence-corrected chi connectivity index (χ1v) is 11.7. The number of β-lactam (4-membered cyclic amide) rings is 1. The van der Waals surface area contributed by atoms with Crippen molar-refractivity contribution < 1.29 is 32.6 Å². The second kappa shape index (κ2) is 11.2. The van der Waals surface area contributed by atoms with Gasteiger partial charge in [0.15, 0.2) is 0 Å². The van der Waals surface area contributed by atoms with E-state index in [1.807, 2.05) is 6.08 Å². The summed E-state index contributed by atoms with van der Waals surface area (Å²) in [5.74, 6) is -1.93. The Morgan fingerprint density at radius 1 is 0.865 bits per heavy atom. The Bertz CT molecular complexity index is 1320. The molecule has 0 aromatic heterocycles. The van der Waals surface area contributed by atoms with E-state index in [0.717, 1.165) is 5.56 Å². The van der Waals surface area contributed by atoms with Crippen LogP contribution in [0.15, 0.2) is 78.9 Å². The van der Waals surface area contributed by atoms with E-state index in [4.69, 9.17) is 9.47 Å². The number of carbonyl (C=O) groups excluding carboxylic acids is 3. The van der Waals surface area contributed by atoms with Gasteiger partial charge in [0.05, 0.1) is 12.0 Å². The lowest BCUT2D eigenvalue weighted by Gasteiger charge is -2.47. The lowest BCUT2D eigenvalue weighted by atomic mass is 9.79. The average molecular weight is 506 g/mol. The summed E-state index contributed by atoms with van der Waals surface area (Å²) in [5.41, 5.74) is 2.68. The molecule has 0 radical (unpaired) electrons. The molecule has 190 valence electrons. The van der Waals surface area contributed by atoms with E-state index < -0.39 is 29.5 Å². The standard InChI is InChI=1S/C29H25F2NO5/c1-18(33)36-17-22(20-3-8-23(30)9-4-20)7-16-27-28(21-5-14-26(15-6-21)37-19(2)34)32(29(27)35)25-12-10-24(31)11-13-25/h3-15,27-28H,16-17H2,1-2H3/b22-7+/t27-,28-/m1/s1. The van der Waals surface area contributed by atoms with Crippen molar-refractivity contribution in [1.82, 2.24) is 0 Å². The first-order valence-electron chi connectivity index (χ1n) is 11.7. The van der Waals surface area contributed by atoms with Crippen molar-refractivity contribution in [3.8, 4) is 5.75 Å². The van der Waals surface area contributed by atoms with Gasteiger partial charge in [-0.3, -0.25) is 14.4 Å². The predicted molar refractivity (Wildman–Crippen MR) is 133 cm³/mol. The Labute approximate surface area is 213 Å². The third kappa shape index (κ3) is 6.09. The van der Waals surface area contributed by atoms with Crippen molar-refractivity contribution in [2.75, 3.05) is 11.5 Å². The van der Waals surface area contributed by atoms with Crippen LogP contribution in [0.25, 0.3) is 5.57 Å². The fourth-order valence-corrected chi connectivity index (χ4v) is 4.32. The van der Waals surface area contributed by atoms with E-state index >= 15 is 0 Å². The van der Waals surface area contributed by atoms with Crippen LogP contribution < -0.4 is 9.64 Å². The van der Waals surface area contributed by atoms with Crippen LogP contribution in [0.4, 0.5) is 14.5 Å². The van der Waals surface area contributed by atoms with Crippen LogP contribution in [-0.4, -0.2) is 24.5 Å². The number of rotatable bonds is 8. The molecule has 1 aliphatic rings. The molecule has 37 heavy (non-hydrogen) atoms. The molecule has 0 spiro atoms. The van der Waals surface area contributed by atoms with Crippen LogP contribution in [0.3, 0.4) is 0 Å². The third-order valence-corrected chi connectivity index (χ3v) is 6.07. The van der Waals surface area contributed by atoms with Gasteiger partial charge in [-0.1, -0.05) is 30.3 Å². The Balaban J connectivity index is 1.65. The largest absolute Gasteiger partial charge is 0.461 e. The van der Waals surface area contributed by atoms with Gasteiger partial charge < -0.3 is 14.4 Å². The highest BCUT2D eigenvalue weighted by Crippen LogP contribution is 2.46. The number of hydrogen-bond donors (Lipinski definition) is 0. The van der Waals surface area contributed by atoms with E-state index in [9.17, 15) is 23.2 Å². The minimum absolute atomic E-state index is 0.0225. The number of benzene rings is 3. The number of carbonyl (C=O) groups is 3. The molecule has 0 unspecified atom stereocenters. The van der Waals surface area contributed by atoms with Gasteiger partial charge in [-0.2, -0.15) is 0 Å². The van der Waals surface area contributed by atoms with Crippen LogP contribution in [-0.2, 0) is 19.1 Å². The normalized spacial score (nSPS) is 17.2. The zero-order valence-electron chi connectivity index (χ0n) is 20.3. The molecule has 0 aliphatic carbocycles. The highest BCUT2D eigenvalue weighted by atomic mass is 19.1. The first kappa shape index (κ1) is 25.8. The second-order valence-corrected chi connectivity index (χ2v) is 8.65. The predicted octanol–water partition coefficient (Wildman–Crippen LogP) is 5.63. The third-order valence-electron chi connectivity index (χ3n) is 6.07. The molecule has 0 bridgehead atoms. The van der Waals surface area contributed by atoms with E-state index in [0.29, 0.717) is 29.0 Å². The van der Waals surface area contributed by atoms with Gasteiger partial charge in [-0.25, -0.2) is 8.78 Å². The quantitative estimate of drug-likeness (QED) is 0.225. The number of esters is 2. The number of anilines is 1. The number of halogens is 2. The Kier molecular flexibility index (Phi) is 7.77. The van der Waals surface area contributed by atoms with Crippen molar-refractivity contribution in [2.45, 2.75) is 26.3 Å². The van der Waals surface area contributed by atoms with Gasteiger partial charge in [-0.05, 0) is 71.7 Å². The fraction of sp³-hybridized carbons (Fsp3) is 0.207. The van der Waals surface area contributed by atoms with Crippen molar-refractivity contribution in [1.29, 1.82) is 0 Å². The molecule has 1 saturated heterocycles. The smallest absolute Gasteiger partial charge is 0.308 e. The summed E-state index contributed by atoms with van der Waals surface area (Å²) in [7, 11) is 0. The highest BCUT2D eigenvalue weighted by Gasteiger charge is 2.48. The second-order valence-electron chi connectivity index (χ2n) is 8.65. The first-order chi connectivity index (χ1) is 17.7. The van der Waals surface area contributed by atoms with Crippen molar-refractivity contribution >= 4 is 29.1 Å². The van der Waals surface area contributed by atoms with E-state index in [2.05, 4.69) is 0 Å². The highest BCUT2D eigenvalue weighted by molar-refractivity contribution is 6.03. The maximum atomic E-state index is 13.5. The Morgan fingerprint density at radius 3 is 2.03 bits per heavy atom. The van der Waals surface area contributed by atoms with Gasteiger partial charge >= 0.3 is 11.9 Å². The summed E-state index contributed by atoms with van der Waals surface area (Å²) in [6.07, 6.45) is 2.14. The van der Waals surface area contributed by atoms with Crippen LogP contribution >= 0.6 is 0 Å². The maximum absolute atomic E-state index is 13.5. The van der Waals surface area contributed by atoms with Gasteiger partial charge in [0, 0.05) is 19.5 Å². The van der Waals surface area contributed by atoms with Crippen LogP contribution in [0.1, 0.15) is 37.4 Å². The van der Waals surface area contributed by atoms with E-state index in [1.54, 1.807) is 53.4 Å². The average Bonchev–Trinajstić information content (AvgIpc) is 2.86. The monoisotopic (exact) mass is 505 g/mol. The summed E-state index contributed by atoms with van der Waals surface area (Å²) in [5, 5.41) is 0. The molecular weight excluding hydrogens is 480 g/mol. The molecule has 0 saturated carbocycles. The minimum Gasteiger partial charge on any atom is -0.461 e. The number of allylic oxidation sites excluding steroid dienone is 1. The number of amides is 1. The van der Waals surface area contributed by atoms with Gasteiger partial charge in [0.1, 0.15) is 24.0 Å². The topological polar surface area (TPSA) is 72.9 Å². The zero-order valence-corrected chi connectivity index (χ0v) is 20.3. The minimum atomic E-state index is -0.461. The van der Waals surface area contributed by atoms with E-state index in [1.165, 1.54) is 38.1 Å². The summed E-state index contributed by atoms with van der Waals surface area (Å²) >= 11 is 0. The maximum Gasteiger partial charge on any atom is 0.308 e. The molecule has 2 atom stereocenters. The zero-order chi connectivity index (χ0) is 26.5. The van der Waals surface area contributed by atoms with E-state index in [-0.39, 0.29) is 18.6 Å². The molecule has 1 heterocycles. The SMILES string of the molecule is CC(=O)OC/C(=C\C[C@H]1C(=O)N(c2ccc(F)cc2)[C@@H]1c1ccc(OC(C)=O)cc1)c1ccc(F)cc1. The Hall–Kier alpha value is -4.33. The Morgan fingerprint density at radius 2 is 1.46 bits per heavy atom. The van der Waals surface area contributed by atoms with Gasteiger partial charge in [-0.15, -0.1) is 0 Å². The molecule has 3 aromatic carbocycles. The van der Waals surface area contributed by atoms with Gasteiger partial charge in [0.25, 0.3) is 0 Å². The number of hydrogen-bond acceptors (Lipinski definition) is 5. The molecule has 8 heteroatoms. The molecular formula is C29H25F2NO5. The number of ether oxygens (including phenoxy) is 2. The van der Waals surface area contributed by atoms with Crippen LogP contribution in [0.5, 0.6) is 5.75 Å². The summed E-state index contributed by atoms with van der Waals surface area (Å²) in [6, 6.07) is 18.0. The van der Waals surface area contributed by atoms with Crippen molar-refractivity contribution in [3.05, 3.63) is 102 Å². The van der Waals surface area contributed by atoms with Gasteiger partial charge in [0.2, 0.25) is 5.91 Å². The summed E-state index contributed by atoms with van der Waals surface area (Å²) < 4.78 is 37.3. The van der Waals surface area contributed by atoms with Crippen molar-refractivity contribution in [2.24, 2.45) is 5.92 Å².